The second kappa shape index (κ2) is 6.49. The Morgan fingerprint density at radius 3 is 2.39 bits per heavy atom. The largest absolute Gasteiger partial charge is 0.503 e. The van der Waals surface area contributed by atoms with Gasteiger partial charge in [-0.15, -0.1) is 0 Å². The van der Waals surface area contributed by atoms with Crippen LogP contribution in [0.3, 0.4) is 0 Å². The van der Waals surface area contributed by atoms with E-state index in [0.717, 1.165) is 11.1 Å². The number of halogens is 2. The van der Waals surface area contributed by atoms with Crippen molar-refractivity contribution in [3.8, 4) is 16.9 Å². The molecule has 1 N–H and O–H groups in total. The molecule has 116 valence electrons. The van der Waals surface area contributed by atoms with Crippen molar-refractivity contribution in [2.24, 2.45) is 0 Å². The highest BCUT2D eigenvalue weighted by atomic mass is 35.5. The second-order valence-electron chi connectivity index (χ2n) is 5.15. The molecule has 0 saturated carbocycles. The lowest BCUT2D eigenvalue weighted by atomic mass is 10.1. The molecule has 0 aliphatic heterocycles. The number of aromatic nitrogens is 1. The quantitative estimate of drug-likeness (QED) is 0.755. The van der Waals surface area contributed by atoms with Gasteiger partial charge in [0.05, 0.1) is 6.54 Å². The summed E-state index contributed by atoms with van der Waals surface area (Å²) < 4.78 is 1.46. The highest BCUT2D eigenvalue weighted by Gasteiger charge is 2.10. The van der Waals surface area contributed by atoms with Gasteiger partial charge in [0.15, 0.2) is 5.75 Å². The summed E-state index contributed by atoms with van der Waals surface area (Å²) in [6.45, 7) is 0.335. The zero-order valence-corrected chi connectivity index (χ0v) is 13.6. The molecule has 0 spiro atoms. The lowest BCUT2D eigenvalue weighted by Gasteiger charge is -2.11. The molecule has 2 aromatic carbocycles. The van der Waals surface area contributed by atoms with Gasteiger partial charge in [0.1, 0.15) is 0 Å². The Labute approximate surface area is 143 Å². The van der Waals surface area contributed by atoms with Crippen molar-refractivity contribution in [2.45, 2.75) is 6.54 Å². The molecule has 3 rings (SSSR count). The molecule has 0 radical (unpaired) electrons. The van der Waals surface area contributed by atoms with E-state index in [2.05, 4.69) is 0 Å². The normalized spacial score (nSPS) is 10.7. The lowest BCUT2D eigenvalue weighted by molar-refractivity contribution is 0.459. The third-order valence-corrected chi connectivity index (χ3v) is 4.10. The van der Waals surface area contributed by atoms with E-state index in [4.69, 9.17) is 23.2 Å². The monoisotopic (exact) mass is 345 g/mol. The van der Waals surface area contributed by atoms with Crippen LogP contribution in [-0.2, 0) is 6.54 Å². The molecule has 0 unspecified atom stereocenters. The van der Waals surface area contributed by atoms with Crippen LogP contribution in [0.1, 0.15) is 5.56 Å². The van der Waals surface area contributed by atoms with E-state index in [1.165, 1.54) is 10.6 Å². The van der Waals surface area contributed by atoms with Crippen LogP contribution in [0.25, 0.3) is 11.1 Å². The van der Waals surface area contributed by atoms with Crippen LogP contribution in [-0.4, -0.2) is 9.67 Å². The molecular weight excluding hydrogens is 333 g/mol. The molecule has 5 heteroatoms. The van der Waals surface area contributed by atoms with Crippen LogP contribution in [0.2, 0.25) is 10.0 Å². The molecule has 3 aromatic rings. The summed E-state index contributed by atoms with van der Waals surface area (Å²) in [7, 11) is 0. The van der Waals surface area contributed by atoms with Gasteiger partial charge in [-0.05, 0) is 29.8 Å². The van der Waals surface area contributed by atoms with Gasteiger partial charge < -0.3 is 9.67 Å². The van der Waals surface area contributed by atoms with E-state index in [1.54, 1.807) is 24.4 Å². The molecule has 3 nitrogen and oxygen atoms in total. The molecule has 0 aliphatic carbocycles. The van der Waals surface area contributed by atoms with E-state index < -0.39 is 5.56 Å². The fraction of sp³-hybridized carbons (Fsp3) is 0.0556. The third kappa shape index (κ3) is 3.41. The minimum Gasteiger partial charge on any atom is -0.503 e. The Morgan fingerprint density at radius 1 is 1.00 bits per heavy atom. The van der Waals surface area contributed by atoms with Gasteiger partial charge in [-0.3, -0.25) is 4.79 Å². The van der Waals surface area contributed by atoms with Crippen LogP contribution in [0.15, 0.2) is 65.6 Å². The molecule has 1 aromatic heterocycles. The number of aromatic hydroxyl groups is 1. The molecule has 0 fully saturated rings. The minimum atomic E-state index is -0.448. The first-order chi connectivity index (χ1) is 11.0. The summed E-state index contributed by atoms with van der Waals surface area (Å²) in [5.74, 6) is -0.309. The summed E-state index contributed by atoms with van der Waals surface area (Å²) in [5, 5.41) is 11.1. The van der Waals surface area contributed by atoms with Crippen LogP contribution in [0, 0.1) is 0 Å². The highest BCUT2D eigenvalue weighted by Crippen LogP contribution is 2.28. The maximum absolute atomic E-state index is 12.2. The Morgan fingerprint density at radius 2 is 1.70 bits per heavy atom. The van der Waals surface area contributed by atoms with Crippen LogP contribution >= 0.6 is 23.2 Å². The predicted octanol–water partition coefficient (Wildman–Crippen LogP) is 4.58. The summed E-state index contributed by atoms with van der Waals surface area (Å²) in [6, 6.07) is 15.9. The fourth-order valence-electron chi connectivity index (χ4n) is 2.37. The average Bonchev–Trinajstić information content (AvgIpc) is 2.54. The van der Waals surface area contributed by atoms with Gasteiger partial charge in [-0.1, -0.05) is 53.5 Å². The third-order valence-electron chi connectivity index (χ3n) is 3.52. The van der Waals surface area contributed by atoms with Gasteiger partial charge in [0.25, 0.3) is 5.56 Å². The van der Waals surface area contributed by atoms with E-state index in [1.807, 2.05) is 30.3 Å². The van der Waals surface area contributed by atoms with E-state index in [-0.39, 0.29) is 5.75 Å². The standard InChI is InChI=1S/C18H13Cl2NO2/c19-14-7-5-12(6-8-14)10-21-11-13(9-17(22)18(21)23)15-3-1-2-4-16(15)20/h1-9,11,22H,10H2. The number of rotatable bonds is 3. The van der Waals surface area contributed by atoms with E-state index in [9.17, 15) is 9.90 Å². The van der Waals surface area contributed by atoms with E-state index in [0.29, 0.717) is 22.2 Å². The first-order valence-electron chi connectivity index (χ1n) is 6.97. The zero-order valence-electron chi connectivity index (χ0n) is 12.0. The number of hydrogen-bond acceptors (Lipinski definition) is 2. The van der Waals surface area contributed by atoms with Gasteiger partial charge in [-0.25, -0.2) is 0 Å². The Hall–Kier alpha value is -2.23. The number of hydrogen-bond donors (Lipinski definition) is 1. The van der Waals surface area contributed by atoms with Crippen LogP contribution in [0.5, 0.6) is 5.75 Å². The molecule has 0 atom stereocenters. The smallest absolute Gasteiger partial charge is 0.292 e. The number of pyridine rings is 1. The van der Waals surface area contributed by atoms with Gasteiger partial charge in [0.2, 0.25) is 0 Å². The maximum Gasteiger partial charge on any atom is 0.292 e. The Balaban J connectivity index is 2.05. The van der Waals surface area contributed by atoms with Crippen molar-refractivity contribution in [3.63, 3.8) is 0 Å². The summed E-state index contributed by atoms with van der Waals surface area (Å²) in [5.41, 5.74) is 1.90. The Bertz CT molecular complexity index is 902. The van der Waals surface area contributed by atoms with Crippen LogP contribution in [0.4, 0.5) is 0 Å². The van der Waals surface area contributed by atoms with E-state index >= 15 is 0 Å². The van der Waals surface area contributed by atoms with Crippen molar-refractivity contribution in [2.75, 3.05) is 0 Å². The predicted molar refractivity (Wildman–Crippen MR) is 93.4 cm³/mol. The van der Waals surface area contributed by atoms with Crippen molar-refractivity contribution >= 4 is 23.2 Å². The Kier molecular flexibility index (Phi) is 4.42. The first-order valence-corrected chi connectivity index (χ1v) is 7.73. The van der Waals surface area contributed by atoms with Gasteiger partial charge in [0, 0.05) is 27.4 Å². The molecular formula is C18H13Cl2NO2. The average molecular weight is 346 g/mol. The summed E-state index contributed by atoms with van der Waals surface area (Å²) >= 11 is 12.1. The molecule has 23 heavy (non-hydrogen) atoms. The summed E-state index contributed by atoms with van der Waals surface area (Å²) in [6.07, 6.45) is 1.69. The lowest BCUT2D eigenvalue weighted by Crippen LogP contribution is -2.19. The molecule has 0 bridgehead atoms. The van der Waals surface area contributed by atoms with Gasteiger partial charge in [-0.2, -0.15) is 0 Å². The zero-order chi connectivity index (χ0) is 16.4. The number of benzene rings is 2. The van der Waals surface area contributed by atoms with Gasteiger partial charge >= 0.3 is 0 Å². The molecule has 0 aliphatic rings. The molecule has 0 amide bonds. The highest BCUT2D eigenvalue weighted by molar-refractivity contribution is 6.33. The van der Waals surface area contributed by atoms with Crippen molar-refractivity contribution in [1.82, 2.24) is 4.57 Å². The topological polar surface area (TPSA) is 42.2 Å². The molecule has 1 heterocycles. The van der Waals surface area contributed by atoms with Crippen LogP contribution < -0.4 is 5.56 Å². The SMILES string of the molecule is O=c1c(O)cc(-c2ccccc2Cl)cn1Cc1ccc(Cl)cc1. The minimum absolute atomic E-state index is 0.309. The fourth-order valence-corrected chi connectivity index (χ4v) is 2.74. The second-order valence-corrected chi connectivity index (χ2v) is 6.00. The first kappa shape index (κ1) is 15.7. The van der Waals surface area contributed by atoms with Crippen molar-refractivity contribution in [1.29, 1.82) is 0 Å². The van der Waals surface area contributed by atoms with Crippen molar-refractivity contribution < 1.29 is 5.11 Å². The molecule has 0 saturated heterocycles. The number of nitrogens with zero attached hydrogens (tertiary/aromatic N) is 1. The summed E-state index contributed by atoms with van der Waals surface area (Å²) in [4.78, 5) is 12.2. The van der Waals surface area contributed by atoms with Crippen molar-refractivity contribution in [3.05, 3.63) is 86.8 Å². The maximum atomic E-state index is 12.2.